The molecule has 126 valence electrons. The summed E-state index contributed by atoms with van der Waals surface area (Å²) < 4.78 is 49.0. The summed E-state index contributed by atoms with van der Waals surface area (Å²) in [6.07, 6.45) is -2.24. The maximum Gasteiger partial charge on any atom is 0.416 e. The molecule has 2 aromatic carbocycles. The third kappa shape index (κ3) is 3.95. The van der Waals surface area contributed by atoms with Crippen molar-refractivity contribution in [2.24, 2.45) is 0 Å². The van der Waals surface area contributed by atoms with Crippen molar-refractivity contribution in [3.05, 3.63) is 65.2 Å². The first-order valence-corrected chi connectivity index (χ1v) is 6.97. The van der Waals surface area contributed by atoms with Crippen molar-refractivity contribution in [3.8, 4) is 11.5 Å². The Morgan fingerprint density at radius 3 is 2.38 bits per heavy atom. The molecule has 0 N–H and O–H groups in total. The van der Waals surface area contributed by atoms with Gasteiger partial charge >= 0.3 is 6.18 Å². The number of halogens is 3. The van der Waals surface area contributed by atoms with Crippen LogP contribution in [0.5, 0.6) is 11.5 Å². The normalized spacial score (nSPS) is 11.5. The van der Waals surface area contributed by atoms with Gasteiger partial charge in [0.25, 0.3) is 0 Å². The number of carbonyl (C=O) groups excluding carboxylic acids is 1. The Hall–Kier alpha value is -2.76. The fraction of sp³-hybridized carbons (Fsp3) is 0.167. The molecule has 24 heavy (non-hydrogen) atoms. The highest BCUT2D eigenvalue weighted by molar-refractivity contribution is 6.08. The third-order valence-corrected chi connectivity index (χ3v) is 3.35. The van der Waals surface area contributed by atoms with Crippen LogP contribution in [-0.2, 0) is 6.18 Å². The zero-order valence-electron chi connectivity index (χ0n) is 13.1. The van der Waals surface area contributed by atoms with Crippen LogP contribution in [0.3, 0.4) is 0 Å². The van der Waals surface area contributed by atoms with Crippen molar-refractivity contribution in [2.75, 3.05) is 14.2 Å². The maximum absolute atomic E-state index is 12.9. The van der Waals surface area contributed by atoms with E-state index in [4.69, 9.17) is 9.47 Å². The molecule has 0 aliphatic heterocycles. The van der Waals surface area contributed by atoms with Gasteiger partial charge in [-0.05, 0) is 29.8 Å². The van der Waals surface area contributed by atoms with E-state index >= 15 is 0 Å². The predicted octanol–water partition coefficient (Wildman–Crippen LogP) is 4.62. The first-order chi connectivity index (χ1) is 11.4. The Morgan fingerprint density at radius 1 is 1.04 bits per heavy atom. The highest BCUT2D eigenvalue weighted by atomic mass is 19.4. The predicted molar refractivity (Wildman–Crippen MR) is 84.4 cm³/mol. The first kappa shape index (κ1) is 17.6. The van der Waals surface area contributed by atoms with E-state index in [9.17, 15) is 18.0 Å². The smallest absolute Gasteiger partial charge is 0.416 e. The van der Waals surface area contributed by atoms with Crippen LogP contribution in [0.25, 0.3) is 6.08 Å². The SMILES string of the molecule is COc1ccc(C(=O)/C=C/c2ccccc2C(F)(F)F)c(OC)c1. The van der Waals surface area contributed by atoms with Gasteiger partial charge in [-0.3, -0.25) is 4.79 Å². The van der Waals surface area contributed by atoms with Crippen LogP contribution in [0.1, 0.15) is 21.5 Å². The number of rotatable bonds is 5. The molecular formula is C18H15F3O3. The van der Waals surface area contributed by atoms with Crippen LogP contribution in [0.15, 0.2) is 48.5 Å². The largest absolute Gasteiger partial charge is 0.497 e. The average Bonchev–Trinajstić information content (AvgIpc) is 2.58. The quantitative estimate of drug-likeness (QED) is 0.590. The maximum atomic E-state index is 12.9. The van der Waals surface area contributed by atoms with Gasteiger partial charge in [0, 0.05) is 6.07 Å². The lowest BCUT2D eigenvalue weighted by Crippen LogP contribution is -2.07. The van der Waals surface area contributed by atoms with Gasteiger partial charge in [0.1, 0.15) is 11.5 Å². The molecule has 0 fully saturated rings. The summed E-state index contributed by atoms with van der Waals surface area (Å²) in [5, 5.41) is 0. The number of ketones is 1. The number of alkyl halides is 3. The minimum atomic E-state index is -4.48. The molecular weight excluding hydrogens is 321 g/mol. The van der Waals surface area contributed by atoms with Gasteiger partial charge in [-0.1, -0.05) is 24.3 Å². The topological polar surface area (TPSA) is 35.5 Å². The molecule has 6 heteroatoms. The Balaban J connectivity index is 2.33. The molecule has 0 amide bonds. The molecule has 0 saturated heterocycles. The lowest BCUT2D eigenvalue weighted by atomic mass is 10.0. The second-order valence-electron chi connectivity index (χ2n) is 4.85. The highest BCUT2D eigenvalue weighted by Crippen LogP contribution is 2.32. The number of methoxy groups -OCH3 is 2. The van der Waals surface area contributed by atoms with Gasteiger partial charge < -0.3 is 9.47 Å². The van der Waals surface area contributed by atoms with Crippen LogP contribution >= 0.6 is 0 Å². The Bertz CT molecular complexity index is 764. The fourth-order valence-corrected chi connectivity index (χ4v) is 2.16. The molecule has 0 heterocycles. The zero-order chi connectivity index (χ0) is 17.7. The Kier molecular flexibility index (Phi) is 5.28. The van der Waals surface area contributed by atoms with Gasteiger partial charge in [0.2, 0.25) is 0 Å². The fourth-order valence-electron chi connectivity index (χ4n) is 2.16. The second-order valence-corrected chi connectivity index (χ2v) is 4.85. The lowest BCUT2D eigenvalue weighted by molar-refractivity contribution is -0.137. The summed E-state index contributed by atoms with van der Waals surface area (Å²) in [6.45, 7) is 0. The number of allylic oxidation sites excluding steroid dienone is 1. The van der Waals surface area contributed by atoms with Gasteiger partial charge in [-0.25, -0.2) is 0 Å². The number of hydrogen-bond acceptors (Lipinski definition) is 3. The molecule has 2 aromatic rings. The minimum Gasteiger partial charge on any atom is -0.497 e. The van der Waals surface area contributed by atoms with E-state index in [1.54, 1.807) is 6.07 Å². The number of hydrogen-bond donors (Lipinski definition) is 0. The van der Waals surface area contributed by atoms with Crippen molar-refractivity contribution < 1.29 is 27.4 Å². The van der Waals surface area contributed by atoms with E-state index < -0.39 is 17.5 Å². The molecule has 2 rings (SSSR count). The van der Waals surface area contributed by atoms with E-state index in [0.29, 0.717) is 5.75 Å². The molecule has 0 saturated carbocycles. The van der Waals surface area contributed by atoms with Crippen LogP contribution < -0.4 is 9.47 Å². The highest BCUT2D eigenvalue weighted by Gasteiger charge is 2.32. The molecule has 0 aliphatic rings. The molecule has 0 radical (unpaired) electrons. The third-order valence-electron chi connectivity index (χ3n) is 3.35. The molecule has 3 nitrogen and oxygen atoms in total. The van der Waals surface area contributed by atoms with E-state index in [0.717, 1.165) is 18.2 Å². The lowest BCUT2D eigenvalue weighted by Gasteiger charge is -2.10. The zero-order valence-corrected chi connectivity index (χ0v) is 13.1. The summed E-state index contributed by atoms with van der Waals surface area (Å²) >= 11 is 0. The number of benzene rings is 2. The van der Waals surface area contributed by atoms with Crippen molar-refractivity contribution in [1.82, 2.24) is 0 Å². The molecule has 0 aliphatic carbocycles. The van der Waals surface area contributed by atoms with Gasteiger partial charge in [-0.15, -0.1) is 0 Å². The molecule has 0 unspecified atom stereocenters. The summed E-state index contributed by atoms with van der Waals surface area (Å²) in [4.78, 5) is 12.3. The van der Waals surface area contributed by atoms with Crippen molar-refractivity contribution >= 4 is 11.9 Å². The Morgan fingerprint density at radius 2 is 1.75 bits per heavy atom. The van der Waals surface area contributed by atoms with Gasteiger partial charge in [0.05, 0.1) is 25.3 Å². The second kappa shape index (κ2) is 7.21. The van der Waals surface area contributed by atoms with Crippen LogP contribution in [0.2, 0.25) is 0 Å². The minimum absolute atomic E-state index is 0.0779. The summed E-state index contributed by atoms with van der Waals surface area (Å²) in [5.74, 6) is 0.328. The van der Waals surface area contributed by atoms with Crippen LogP contribution in [0.4, 0.5) is 13.2 Å². The number of carbonyl (C=O) groups is 1. The van der Waals surface area contributed by atoms with E-state index in [1.165, 1.54) is 44.6 Å². The Labute approximate surface area is 137 Å². The van der Waals surface area contributed by atoms with Crippen LogP contribution in [-0.4, -0.2) is 20.0 Å². The van der Waals surface area contributed by atoms with Crippen LogP contribution in [0, 0.1) is 0 Å². The molecule has 0 aromatic heterocycles. The average molecular weight is 336 g/mol. The van der Waals surface area contributed by atoms with E-state index in [1.807, 2.05) is 0 Å². The summed E-state index contributed by atoms with van der Waals surface area (Å²) in [6, 6.07) is 9.66. The monoisotopic (exact) mass is 336 g/mol. The van der Waals surface area contributed by atoms with E-state index in [-0.39, 0.29) is 16.9 Å². The summed E-state index contributed by atoms with van der Waals surface area (Å²) in [7, 11) is 2.87. The number of ether oxygens (including phenoxy) is 2. The van der Waals surface area contributed by atoms with E-state index in [2.05, 4.69) is 0 Å². The van der Waals surface area contributed by atoms with Gasteiger partial charge in [-0.2, -0.15) is 13.2 Å². The standard InChI is InChI=1S/C18H15F3O3/c1-23-13-8-9-14(17(11-13)24-2)16(22)10-7-12-5-3-4-6-15(12)18(19,20)21/h3-11H,1-2H3/b10-7+. The first-order valence-electron chi connectivity index (χ1n) is 6.97. The molecule has 0 atom stereocenters. The van der Waals surface area contributed by atoms with Crippen molar-refractivity contribution in [2.45, 2.75) is 6.18 Å². The molecule has 0 spiro atoms. The van der Waals surface area contributed by atoms with Gasteiger partial charge in [0.15, 0.2) is 5.78 Å². The molecule has 0 bridgehead atoms. The van der Waals surface area contributed by atoms with Crippen molar-refractivity contribution in [1.29, 1.82) is 0 Å². The van der Waals surface area contributed by atoms with Crippen molar-refractivity contribution in [3.63, 3.8) is 0 Å². The summed E-state index contributed by atoms with van der Waals surface area (Å²) in [5.41, 5.74) is -0.638.